The molecule has 2 aromatic rings. The highest BCUT2D eigenvalue weighted by atomic mass is 35.5. The summed E-state index contributed by atoms with van der Waals surface area (Å²) in [5.74, 6) is 0.790. The number of benzene rings is 2. The Morgan fingerprint density at radius 2 is 1.95 bits per heavy atom. The van der Waals surface area contributed by atoms with Gasteiger partial charge >= 0.3 is 0 Å². The molecule has 0 aromatic heterocycles. The molecule has 1 atom stereocenters. The van der Waals surface area contributed by atoms with Gasteiger partial charge in [0, 0.05) is 10.5 Å². The van der Waals surface area contributed by atoms with E-state index in [1.165, 1.54) is 0 Å². The van der Waals surface area contributed by atoms with Gasteiger partial charge in [-0.25, -0.2) is 0 Å². The van der Waals surface area contributed by atoms with Crippen molar-refractivity contribution in [2.75, 3.05) is 7.11 Å². The van der Waals surface area contributed by atoms with Crippen LogP contribution in [0.2, 0.25) is 0 Å². The molecule has 2 aromatic carbocycles. The zero-order valence-electron chi connectivity index (χ0n) is 11.3. The van der Waals surface area contributed by atoms with Crippen LogP contribution < -0.4 is 4.74 Å². The minimum absolute atomic E-state index is 0.0803. The molecule has 4 heteroatoms. The summed E-state index contributed by atoms with van der Waals surface area (Å²) in [6.07, 6.45) is 0. The monoisotopic (exact) mass is 313 g/mol. The third kappa shape index (κ3) is 2.53. The van der Waals surface area contributed by atoms with Crippen LogP contribution in [-0.2, 0) is 0 Å². The number of hydrogen-bond donors (Lipinski definition) is 0. The van der Waals surface area contributed by atoms with Gasteiger partial charge in [-0.2, -0.15) is 5.26 Å². The van der Waals surface area contributed by atoms with E-state index in [9.17, 15) is 5.26 Å². The smallest absolute Gasteiger partial charge is 0.120 e. The summed E-state index contributed by atoms with van der Waals surface area (Å²) < 4.78 is 5.27. The van der Waals surface area contributed by atoms with Crippen LogP contribution in [0.15, 0.2) is 59.0 Å². The molecule has 0 spiro atoms. The van der Waals surface area contributed by atoms with E-state index in [-0.39, 0.29) is 5.25 Å². The molecule has 3 rings (SSSR count). The van der Waals surface area contributed by atoms with Crippen LogP contribution in [0.25, 0.3) is 5.03 Å². The molecule has 1 heterocycles. The number of methoxy groups -OCH3 is 1. The number of hydrogen-bond acceptors (Lipinski definition) is 3. The number of fused-ring (bicyclic) bond motifs is 1. The van der Waals surface area contributed by atoms with Gasteiger partial charge in [-0.15, -0.1) is 11.8 Å². The van der Waals surface area contributed by atoms with E-state index in [4.69, 9.17) is 16.3 Å². The van der Waals surface area contributed by atoms with Crippen LogP contribution in [0.1, 0.15) is 16.4 Å². The van der Waals surface area contributed by atoms with Gasteiger partial charge in [-0.3, -0.25) is 0 Å². The lowest BCUT2D eigenvalue weighted by atomic mass is 10.0. The van der Waals surface area contributed by atoms with Gasteiger partial charge in [0.1, 0.15) is 5.75 Å². The lowest BCUT2D eigenvalue weighted by Crippen LogP contribution is -2.05. The highest BCUT2D eigenvalue weighted by molar-refractivity contribution is 8.00. The van der Waals surface area contributed by atoms with Crippen molar-refractivity contribution in [1.82, 2.24) is 0 Å². The molecule has 0 amide bonds. The van der Waals surface area contributed by atoms with E-state index in [0.29, 0.717) is 10.6 Å². The summed E-state index contributed by atoms with van der Waals surface area (Å²) in [5.41, 5.74) is 2.57. The number of ether oxygens (including phenoxy) is 1. The maximum Gasteiger partial charge on any atom is 0.120 e. The first-order chi connectivity index (χ1) is 10.2. The molecule has 0 fully saturated rings. The van der Waals surface area contributed by atoms with E-state index in [2.05, 4.69) is 6.07 Å². The van der Waals surface area contributed by atoms with Crippen LogP contribution in [0.3, 0.4) is 0 Å². The normalized spacial score (nSPS) is 17.1. The Kier molecular flexibility index (Phi) is 3.92. The summed E-state index contributed by atoms with van der Waals surface area (Å²) in [7, 11) is 1.64. The second-order valence-corrected chi connectivity index (χ2v) is 6.14. The molecule has 1 aliphatic rings. The Morgan fingerprint density at radius 3 is 2.62 bits per heavy atom. The summed E-state index contributed by atoms with van der Waals surface area (Å²) in [4.78, 5) is 1.03. The fourth-order valence-corrected chi connectivity index (χ4v) is 4.08. The highest BCUT2D eigenvalue weighted by Crippen LogP contribution is 2.51. The lowest BCUT2D eigenvalue weighted by molar-refractivity contribution is 0.413. The lowest BCUT2D eigenvalue weighted by Gasteiger charge is -2.24. The van der Waals surface area contributed by atoms with Crippen molar-refractivity contribution < 1.29 is 4.74 Å². The van der Waals surface area contributed by atoms with Gasteiger partial charge < -0.3 is 4.74 Å². The minimum atomic E-state index is -0.0803. The van der Waals surface area contributed by atoms with Crippen molar-refractivity contribution in [1.29, 1.82) is 5.26 Å². The fourth-order valence-electron chi connectivity index (χ4n) is 2.32. The summed E-state index contributed by atoms with van der Waals surface area (Å²) in [6, 6.07) is 17.9. The van der Waals surface area contributed by atoms with Crippen molar-refractivity contribution >= 4 is 28.4 Å². The molecule has 0 bridgehead atoms. The first-order valence-electron chi connectivity index (χ1n) is 6.44. The Balaban J connectivity index is 2.14. The van der Waals surface area contributed by atoms with Crippen molar-refractivity contribution in [2.45, 2.75) is 10.1 Å². The largest absolute Gasteiger partial charge is 0.497 e. The summed E-state index contributed by atoms with van der Waals surface area (Å²) >= 11 is 8.09. The second-order valence-electron chi connectivity index (χ2n) is 4.61. The maximum absolute atomic E-state index is 9.49. The van der Waals surface area contributed by atoms with Crippen molar-refractivity contribution in [2.24, 2.45) is 0 Å². The molecule has 0 saturated heterocycles. The van der Waals surface area contributed by atoms with E-state index >= 15 is 0 Å². The number of nitrogens with zero attached hydrogens (tertiary/aromatic N) is 1. The van der Waals surface area contributed by atoms with Gasteiger partial charge in [-0.05, 0) is 23.8 Å². The van der Waals surface area contributed by atoms with E-state index in [1.54, 1.807) is 18.9 Å². The van der Waals surface area contributed by atoms with E-state index < -0.39 is 0 Å². The molecule has 2 nitrogen and oxygen atoms in total. The third-order valence-electron chi connectivity index (χ3n) is 3.39. The average Bonchev–Trinajstić information content (AvgIpc) is 2.55. The maximum atomic E-state index is 9.49. The molecular weight excluding hydrogens is 302 g/mol. The standard InChI is InChI=1S/C17H12ClNOS/c1-20-12-7-8-13-15(9-12)21-17(14(10-19)16(13)18)11-5-3-2-4-6-11/h2-9,17H,1H3. The van der Waals surface area contributed by atoms with Gasteiger partial charge in [-0.1, -0.05) is 41.9 Å². The van der Waals surface area contributed by atoms with E-state index in [0.717, 1.165) is 21.8 Å². The highest BCUT2D eigenvalue weighted by Gasteiger charge is 2.28. The predicted molar refractivity (Wildman–Crippen MR) is 86.4 cm³/mol. The molecule has 0 radical (unpaired) electrons. The first-order valence-corrected chi connectivity index (χ1v) is 7.70. The molecule has 0 N–H and O–H groups in total. The van der Waals surface area contributed by atoms with Gasteiger partial charge in [0.25, 0.3) is 0 Å². The Hall–Kier alpha value is -1.89. The molecule has 1 aliphatic heterocycles. The fraction of sp³-hybridized carbons (Fsp3) is 0.118. The SMILES string of the molecule is COc1ccc2c(c1)SC(c1ccccc1)C(C#N)=C2Cl. The number of nitriles is 1. The quantitative estimate of drug-likeness (QED) is 0.780. The zero-order valence-corrected chi connectivity index (χ0v) is 12.9. The molecule has 0 aliphatic carbocycles. The number of thioether (sulfide) groups is 1. The van der Waals surface area contributed by atoms with Crippen molar-refractivity contribution in [3.05, 3.63) is 65.2 Å². The first kappa shape index (κ1) is 14.1. The Labute approximate surface area is 133 Å². The molecule has 0 saturated carbocycles. The molecular formula is C17H12ClNOS. The average molecular weight is 314 g/mol. The molecule has 1 unspecified atom stereocenters. The predicted octanol–water partition coefficient (Wildman–Crippen LogP) is 5.02. The van der Waals surface area contributed by atoms with Crippen LogP contribution in [-0.4, -0.2) is 7.11 Å². The Morgan fingerprint density at radius 1 is 1.19 bits per heavy atom. The van der Waals surface area contributed by atoms with Crippen LogP contribution in [0, 0.1) is 11.3 Å². The van der Waals surface area contributed by atoms with Crippen molar-refractivity contribution in [3.63, 3.8) is 0 Å². The van der Waals surface area contributed by atoms with Gasteiger partial charge in [0.15, 0.2) is 0 Å². The van der Waals surface area contributed by atoms with Crippen LogP contribution >= 0.6 is 23.4 Å². The number of halogens is 1. The van der Waals surface area contributed by atoms with E-state index in [1.807, 2.05) is 48.5 Å². The van der Waals surface area contributed by atoms with Crippen molar-refractivity contribution in [3.8, 4) is 11.8 Å². The Bertz CT molecular complexity index is 749. The minimum Gasteiger partial charge on any atom is -0.497 e. The topological polar surface area (TPSA) is 33.0 Å². The summed E-state index contributed by atoms with van der Waals surface area (Å²) in [6.45, 7) is 0. The van der Waals surface area contributed by atoms with Gasteiger partial charge in [0.2, 0.25) is 0 Å². The molecule has 21 heavy (non-hydrogen) atoms. The second kappa shape index (κ2) is 5.85. The van der Waals surface area contributed by atoms with Crippen LogP contribution in [0.4, 0.5) is 0 Å². The third-order valence-corrected chi connectivity index (χ3v) is 5.13. The summed E-state index contributed by atoms with van der Waals surface area (Å²) in [5, 5.41) is 9.94. The molecule has 104 valence electrons. The number of rotatable bonds is 2. The van der Waals surface area contributed by atoms with Crippen LogP contribution in [0.5, 0.6) is 5.75 Å². The zero-order chi connectivity index (χ0) is 14.8. The van der Waals surface area contributed by atoms with Gasteiger partial charge in [0.05, 0.1) is 29.0 Å².